The maximum Gasteiger partial charge on any atom is 0.418 e. The van der Waals surface area contributed by atoms with E-state index in [2.05, 4.69) is 5.32 Å². The number of rotatable bonds is 4. The van der Waals surface area contributed by atoms with Crippen LogP contribution in [-0.2, 0) is 9.53 Å². The number of likely N-dealkylation sites (tertiary alicyclic amines) is 1. The van der Waals surface area contributed by atoms with Gasteiger partial charge in [-0.15, -0.1) is 0 Å². The maximum atomic E-state index is 13.1. The highest BCUT2D eigenvalue weighted by Gasteiger charge is 2.58. The minimum absolute atomic E-state index is 0.0887. The number of nitrogens with zero attached hydrogens (tertiary/aromatic N) is 1. The molecule has 2 rings (SSSR count). The van der Waals surface area contributed by atoms with Crippen molar-refractivity contribution < 1.29 is 22.7 Å². The van der Waals surface area contributed by atoms with Gasteiger partial charge in [-0.05, 0) is 37.5 Å². The Morgan fingerprint density at radius 3 is 2.65 bits per heavy atom. The molecule has 23 heavy (non-hydrogen) atoms. The smallest absolute Gasteiger partial charge is 0.367 e. The van der Waals surface area contributed by atoms with Crippen LogP contribution < -0.4 is 5.32 Å². The zero-order chi connectivity index (χ0) is 17.3. The zero-order valence-corrected chi connectivity index (χ0v) is 13.5. The number of aryl methyl sites for hydroxylation is 2. The molecule has 1 aromatic rings. The lowest BCUT2D eigenvalue weighted by Gasteiger charge is -2.30. The molecule has 0 aromatic heterocycles. The number of carbonyl (C=O) groups excluding carboxylic acids is 1. The van der Waals surface area contributed by atoms with Gasteiger partial charge in [-0.2, -0.15) is 13.2 Å². The van der Waals surface area contributed by atoms with Crippen LogP contribution in [-0.4, -0.2) is 49.3 Å². The summed E-state index contributed by atoms with van der Waals surface area (Å²) in [6.45, 7) is 3.53. The number of alkyl halides is 3. The third-order valence-electron chi connectivity index (χ3n) is 4.25. The van der Waals surface area contributed by atoms with Crippen LogP contribution in [0.25, 0.3) is 0 Å². The fourth-order valence-corrected chi connectivity index (χ4v) is 2.77. The highest BCUT2D eigenvalue weighted by molar-refractivity contribution is 5.93. The third-order valence-corrected chi connectivity index (χ3v) is 4.25. The fraction of sp³-hybridized carbons (Fsp3) is 0.562. The summed E-state index contributed by atoms with van der Waals surface area (Å²) in [6, 6.07) is 5.66. The largest absolute Gasteiger partial charge is 0.418 e. The van der Waals surface area contributed by atoms with Crippen LogP contribution in [0.1, 0.15) is 17.5 Å². The van der Waals surface area contributed by atoms with Crippen molar-refractivity contribution in [1.29, 1.82) is 0 Å². The van der Waals surface area contributed by atoms with E-state index in [0.29, 0.717) is 5.69 Å². The molecule has 4 nitrogen and oxygen atoms in total. The Morgan fingerprint density at radius 2 is 2.09 bits per heavy atom. The Bertz CT molecular complexity index is 589. The molecule has 0 radical (unpaired) electrons. The summed E-state index contributed by atoms with van der Waals surface area (Å²) < 4.78 is 44.1. The Kier molecular flexibility index (Phi) is 5.01. The molecule has 1 aliphatic heterocycles. The second kappa shape index (κ2) is 6.49. The van der Waals surface area contributed by atoms with Crippen LogP contribution in [0.5, 0.6) is 0 Å². The quantitative estimate of drug-likeness (QED) is 0.923. The molecule has 0 aliphatic carbocycles. The summed E-state index contributed by atoms with van der Waals surface area (Å²) in [5, 5.41) is 2.76. The number of methoxy groups -OCH3 is 1. The summed E-state index contributed by atoms with van der Waals surface area (Å²) >= 11 is 0. The standard InChI is InChI=1S/C16H21F3N2O2/c1-11-4-5-12(2)13(8-11)20-14(22)9-21-7-6-15(10-21,23-3)16(17,18)19/h4-5,8H,6-7,9-10H2,1-3H3,(H,20,22). The monoisotopic (exact) mass is 330 g/mol. The Hall–Kier alpha value is -1.60. The zero-order valence-electron chi connectivity index (χ0n) is 13.5. The number of ether oxygens (including phenoxy) is 1. The van der Waals surface area contributed by atoms with E-state index in [1.165, 1.54) is 4.90 Å². The van der Waals surface area contributed by atoms with Crippen molar-refractivity contribution in [3.8, 4) is 0 Å². The number of nitrogens with one attached hydrogen (secondary N) is 1. The Balaban J connectivity index is 1.98. The molecule has 1 atom stereocenters. The highest BCUT2D eigenvalue weighted by Crippen LogP contribution is 2.40. The molecule has 1 aliphatic rings. The Morgan fingerprint density at radius 1 is 1.39 bits per heavy atom. The lowest BCUT2D eigenvalue weighted by Crippen LogP contribution is -2.49. The van der Waals surface area contributed by atoms with E-state index in [1.807, 2.05) is 32.0 Å². The minimum Gasteiger partial charge on any atom is -0.367 e. The summed E-state index contributed by atoms with van der Waals surface area (Å²) in [5.74, 6) is -0.326. The number of amides is 1. The van der Waals surface area contributed by atoms with Gasteiger partial charge in [0.1, 0.15) is 0 Å². The third kappa shape index (κ3) is 3.84. The van der Waals surface area contributed by atoms with Gasteiger partial charge in [0.25, 0.3) is 0 Å². The van der Waals surface area contributed by atoms with Crippen molar-refractivity contribution in [2.45, 2.75) is 32.0 Å². The predicted molar refractivity (Wildman–Crippen MR) is 81.4 cm³/mol. The van der Waals surface area contributed by atoms with Crippen molar-refractivity contribution in [1.82, 2.24) is 4.90 Å². The molecule has 0 spiro atoms. The Labute approximate surface area is 133 Å². The molecular weight excluding hydrogens is 309 g/mol. The SMILES string of the molecule is COC1(C(F)(F)F)CCN(CC(=O)Nc2cc(C)ccc2C)C1. The second-order valence-corrected chi connectivity index (χ2v) is 6.02. The van der Waals surface area contributed by atoms with Crippen LogP contribution in [0.2, 0.25) is 0 Å². The predicted octanol–water partition coefficient (Wildman–Crippen LogP) is 2.90. The molecule has 1 amide bonds. The van der Waals surface area contributed by atoms with E-state index in [4.69, 9.17) is 4.74 Å². The number of benzene rings is 1. The molecule has 7 heteroatoms. The molecule has 1 unspecified atom stereocenters. The highest BCUT2D eigenvalue weighted by atomic mass is 19.4. The summed E-state index contributed by atoms with van der Waals surface area (Å²) in [7, 11) is 1.06. The maximum absolute atomic E-state index is 13.1. The normalized spacial score (nSPS) is 22.3. The second-order valence-electron chi connectivity index (χ2n) is 6.02. The van der Waals surface area contributed by atoms with Crippen molar-refractivity contribution in [2.75, 3.05) is 32.1 Å². The van der Waals surface area contributed by atoms with Crippen LogP contribution in [0.4, 0.5) is 18.9 Å². The average molecular weight is 330 g/mol. The average Bonchev–Trinajstić information content (AvgIpc) is 2.87. The summed E-state index contributed by atoms with van der Waals surface area (Å²) in [4.78, 5) is 13.6. The van der Waals surface area contributed by atoms with Gasteiger partial charge in [0.15, 0.2) is 5.60 Å². The van der Waals surface area contributed by atoms with Gasteiger partial charge >= 0.3 is 6.18 Å². The summed E-state index contributed by atoms with van der Waals surface area (Å²) in [5.41, 5.74) is 0.421. The van der Waals surface area contributed by atoms with E-state index >= 15 is 0 Å². The molecule has 128 valence electrons. The molecule has 1 saturated heterocycles. The lowest BCUT2D eigenvalue weighted by molar-refractivity contribution is -0.263. The number of carbonyl (C=O) groups is 1. The van der Waals surface area contributed by atoms with Gasteiger partial charge in [-0.25, -0.2) is 0 Å². The van der Waals surface area contributed by atoms with Gasteiger partial charge < -0.3 is 10.1 Å². The first kappa shape index (κ1) is 17.7. The van der Waals surface area contributed by atoms with Crippen molar-refractivity contribution in [2.24, 2.45) is 0 Å². The number of hydrogen-bond donors (Lipinski definition) is 1. The molecule has 0 saturated carbocycles. The van der Waals surface area contributed by atoms with Crippen molar-refractivity contribution >= 4 is 11.6 Å². The van der Waals surface area contributed by atoms with E-state index in [0.717, 1.165) is 18.2 Å². The van der Waals surface area contributed by atoms with E-state index in [1.54, 1.807) is 0 Å². The van der Waals surface area contributed by atoms with Crippen molar-refractivity contribution in [3.63, 3.8) is 0 Å². The molecular formula is C16H21F3N2O2. The van der Waals surface area contributed by atoms with Crippen LogP contribution in [0, 0.1) is 13.8 Å². The minimum atomic E-state index is -4.44. The van der Waals surface area contributed by atoms with Gasteiger partial charge in [0, 0.05) is 25.9 Å². The first-order valence-corrected chi connectivity index (χ1v) is 7.38. The van der Waals surface area contributed by atoms with Gasteiger partial charge in [-0.3, -0.25) is 9.69 Å². The topological polar surface area (TPSA) is 41.6 Å². The van der Waals surface area contributed by atoms with Gasteiger partial charge in [0.05, 0.1) is 6.54 Å². The van der Waals surface area contributed by atoms with Gasteiger partial charge in [0.2, 0.25) is 5.91 Å². The molecule has 1 heterocycles. The lowest BCUT2D eigenvalue weighted by atomic mass is 10.0. The van der Waals surface area contributed by atoms with E-state index in [-0.39, 0.29) is 32.0 Å². The number of anilines is 1. The first-order valence-electron chi connectivity index (χ1n) is 7.38. The van der Waals surface area contributed by atoms with Crippen LogP contribution in [0.3, 0.4) is 0 Å². The fourth-order valence-electron chi connectivity index (χ4n) is 2.77. The van der Waals surface area contributed by atoms with Crippen molar-refractivity contribution in [3.05, 3.63) is 29.3 Å². The van der Waals surface area contributed by atoms with Crippen LogP contribution >= 0.6 is 0 Å². The van der Waals surface area contributed by atoms with Crippen LogP contribution in [0.15, 0.2) is 18.2 Å². The molecule has 1 N–H and O–H groups in total. The number of halogens is 3. The number of hydrogen-bond acceptors (Lipinski definition) is 3. The van der Waals surface area contributed by atoms with E-state index in [9.17, 15) is 18.0 Å². The first-order chi connectivity index (χ1) is 10.7. The molecule has 1 aromatic carbocycles. The van der Waals surface area contributed by atoms with Gasteiger partial charge in [-0.1, -0.05) is 12.1 Å². The summed E-state index contributed by atoms with van der Waals surface area (Å²) in [6.07, 6.45) is -4.61. The molecule has 0 bridgehead atoms. The van der Waals surface area contributed by atoms with E-state index < -0.39 is 11.8 Å². The molecule has 1 fully saturated rings.